The lowest BCUT2D eigenvalue weighted by molar-refractivity contribution is -0.138. The van der Waals surface area contributed by atoms with Gasteiger partial charge in [-0.15, -0.1) is 0 Å². The van der Waals surface area contributed by atoms with Crippen molar-refractivity contribution in [1.29, 1.82) is 0 Å². The molecule has 0 amide bonds. The van der Waals surface area contributed by atoms with Gasteiger partial charge >= 0.3 is 71.6 Å². The van der Waals surface area contributed by atoms with Crippen molar-refractivity contribution in [3.05, 3.63) is 0 Å². The first-order valence-electron chi connectivity index (χ1n) is 52.4. The molecule has 0 bridgehead atoms. The van der Waals surface area contributed by atoms with Crippen LogP contribution in [0.2, 0.25) is 0 Å². The van der Waals surface area contributed by atoms with Crippen LogP contribution >= 0.6 is 0 Å². The van der Waals surface area contributed by atoms with Gasteiger partial charge in [0.2, 0.25) is 0 Å². The molecule has 0 radical (unpaired) electrons. The number of hydrogen-bond acceptors (Lipinski definition) is 12. The van der Waals surface area contributed by atoms with Crippen LogP contribution in [0.5, 0.6) is 0 Å². The van der Waals surface area contributed by atoms with E-state index in [-0.39, 0.29) is 0 Å². The minimum atomic E-state index is -0.698. The Kier molecular flexibility index (Phi) is 121. The molecule has 0 fully saturated rings. The Morgan fingerprint density at radius 2 is 0.102 bits per heavy atom. The molecule has 0 saturated heterocycles. The van der Waals surface area contributed by atoms with E-state index in [1.54, 1.807) is 0 Å². The van der Waals surface area contributed by atoms with Crippen LogP contribution in [0.3, 0.4) is 0 Å². The highest BCUT2D eigenvalue weighted by Crippen LogP contribution is 2.21. The zero-order valence-electron chi connectivity index (χ0n) is 81.3. The van der Waals surface area contributed by atoms with E-state index in [1.807, 2.05) is 0 Å². The van der Waals surface area contributed by atoms with Gasteiger partial charge in [-0.1, -0.05) is 437 Å². The van der Waals surface area contributed by atoms with E-state index >= 15 is 0 Å². The highest BCUT2D eigenvalue weighted by atomic mass is 16.4. The van der Waals surface area contributed by atoms with Crippen molar-refractivity contribution in [3.8, 4) is 0 Å². The first-order valence-corrected chi connectivity index (χ1v) is 52.4. The molecule has 0 aliphatic rings. The minimum Gasteiger partial charge on any atom is -0.481 e. The van der Waals surface area contributed by atoms with Gasteiger partial charge in [-0.3, -0.25) is 57.5 Å². The highest BCUT2D eigenvalue weighted by molar-refractivity contribution is 5.70. The number of rotatable bonds is 98. The van der Waals surface area contributed by atoms with Crippen molar-refractivity contribution in [1.82, 2.24) is 0 Å². The zero-order valence-corrected chi connectivity index (χ0v) is 81.3. The number of carboxylic acid groups (broad SMARTS) is 12. The molecule has 0 spiro atoms. The maximum Gasteiger partial charge on any atom is 0.303 e. The Balaban J connectivity index is -0.000000350. The zero-order chi connectivity index (χ0) is 96.0. The third kappa shape index (κ3) is 157. The molecule has 756 valence electrons. The predicted molar refractivity (Wildman–Crippen MR) is 516 cm³/mol. The summed E-state index contributed by atoms with van der Waals surface area (Å²) in [5.74, 6) is -8.19. The maximum absolute atomic E-state index is 10.4. The molecule has 0 aromatic heterocycles. The first-order chi connectivity index (χ1) is 61.8. The summed E-state index contributed by atoms with van der Waals surface area (Å²) in [7, 11) is 0. The largest absolute Gasteiger partial charge is 0.481 e. The lowest BCUT2D eigenvalue weighted by Crippen LogP contribution is -1.93. The normalized spacial score (nSPS) is 10.7. The molecule has 0 aliphatic carbocycles. The van der Waals surface area contributed by atoms with Crippen molar-refractivity contribution < 1.29 is 119 Å². The molecule has 0 aromatic rings. The van der Waals surface area contributed by atoms with E-state index in [9.17, 15) is 57.5 Å². The van der Waals surface area contributed by atoms with Crippen LogP contribution in [0.4, 0.5) is 0 Å². The van der Waals surface area contributed by atoms with Gasteiger partial charge in [-0.05, 0) is 77.0 Å². The third-order valence-electron chi connectivity index (χ3n) is 23.2. The third-order valence-corrected chi connectivity index (χ3v) is 23.2. The average Bonchev–Trinajstić information content (AvgIpc) is 1.11. The monoisotopic (exact) mass is 1830 g/mol. The van der Waals surface area contributed by atoms with Gasteiger partial charge in [0, 0.05) is 77.0 Å². The van der Waals surface area contributed by atoms with E-state index in [4.69, 9.17) is 61.3 Å². The molecular weight excluding hydrogens is 1630 g/mol. The second-order valence-corrected chi connectivity index (χ2v) is 36.0. The van der Waals surface area contributed by atoms with Gasteiger partial charge in [0.1, 0.15) is 0 Å². The summed E-state index contributed by atoms with van der Waals surface area (Å²) < 4.78 is 0. The molecule has 0 aliphatic heterocycles. The fourth-order valence-electron chi connectivity index (χ4n) is 15.3. The molecular formula is C104H196O24. The van der Waals surface area contributed by atoms with Gasteiger partial charge in [0.05, 0.1) is 0 Å². The first kappa shape index (κ1) is 132. The molecule has 0 atom stereocenters. The van der Waals surface area contributed by atoms with E-state index in [2.05, 4.69) is 0 Å². The van der Waals surface area contributed by atoms with Gasteiger partial charge in [-0.2, -0.15) is 0 Å². The van der Waals surface area contributed by atoms with Crippen molar-refractivity contribution in [3.63, 3.8) is 0 Å². The molecule has 128 heavy (non-hydrogen) atoms. The Bertz CT molecular complexity index is 2290. The lowest BCUT2D eigenvalue weighted by atomic mass is 10.0. The number of aliphatic carboxylic acids is 12. The van der Waals surface area contributed by atoms with Crippen LogP contribution in [-0.2, 0) is 57.5 Å². The molecule has 0 heterocycles. The quantitative estimate of drug-likeness (QED) is 0.0252. The average molecular weight is 1830 g/mol. The fraction of sp³-hybridized carbons (Fsp3) is 0.885. The van der Waals surface area contributed by atoms with Crippen LogP contribution in [-0.4, -0.2) is 133 Å². The molecule has 12 N–H and O–H groups in total. The predicted octanol–water partition coefficient (Wildman–Crippen LogP) is 30.8. The lowest BCUT2D eigenvalue weighted by Gasteiger charge is -2.03. The van der Waals surface area contributed by atoms with E-state index in [0.29, 0.717) is 77.0 Å². The van der Waals surface area contributed by atoms with Crippen molar-refractivity contribution in [2.24, 2.45) is 0 Å². The van der Waals surface area contributed by atoms with Crippen LogP contribution < -0.4 is 0 Å². The maximum atomic E-state index is 10.4. The van der Waals surface area contributed by atoms with E-state index < -0.39 is 71.6 Å². The Morgan fingerprint density at radius 1 is 0.0703 bits per heavy atom. The molecule has 0 saturated carbocycles. The van der Waals surface area contributed by atoms with E-state index in [0.717, 1.165) is 193 Å². The van der Waals surface area contributed by atoms with Crippen LogP contribution in [0.1, 0.15) is 591 Å². The Hall–Kier alpha value is -6.36. The topological polar surface area (TPSA) is 448 Å². The summed E-state index contributed by atoms with van der Waals surface area (Å²) in [6.07, 6.45) is 96.3. The molecule has 0 unspecified atom stereocenters. The van der Waals surface area contributed by atoms with E-state index in [1.165, 1.54) is 321 Å². The van der Waals surface area contributed by atoms with Gasteiger partial charge < -0.3 is 61.3 Å². The second-order valence-electron chi connectivity index (χ2n) is 36.0. The number of carboxylic acids is 12. The van der Waals surface area contributed by atoms with Gasteiger partial charge in [0.15, 0.2) is 0 Å². The molecule has 24 heteroatoms. The van der Waals surface area contributed by atoms with Gasteiger partial charge in [0.25, 0.3) is 0 Å². The van der Waals surface area contributed by atoms with Crippen molar-refractivity contribution in [2.75, 3.05) is 0 Å². The fourth-order valence-corrected chi connectivity index (χ4v) is 15.3. The smallest absolute Gasteiger partial charge is 0.303 e. The number of carbonyl (C=O) groups is 12. The minimum absolute atomic E-state index is 0.295. The summed E-state index contributed by atoms with van der Waals surface area (Å²) in [5.41, 5.74) is 0. The summed E-state index contributed by atoms with van der Waals surface area (Å²) in [5, 5.41) is 102. The summed E-state index contributed by atoms with van der Waals surface area (Å²) in [6.45, 7) is 0. The highest BCUT2D eigenvalue weighted by Gasteiger charge is 2.08. The standard InChI is InChI=1S/C20H38O4.C19H36O4.C18H34O4.C17H32O4.C16H30O4.C14H26O4/c21-19(22)17-15-13-11-9-7-5-3-1-2-4-6-8-10-12-14-16-18-20(23)24;20-18(21)16-14-12-10-8-6-4-2-1-3-5-7-9-11-13-15-17-19(22)23;19-17(20)15-13-11-9-7-5-3-1-2-4-6-8-10-12-14-16-18(21)22;18-16(19)14-12-10-8-6-4-2-1-3-5-7-9-11-13-15-17(20)21;17-15(18)13-11-9-7-5-3-1-2-4-6-8-10-12-14-16(19)20;15-13(16)11-9-7-5-3-1-2-4-6-8-10-12-14(17)18/h1-18H2,(H,21,22)(H,23,24);1-17H2,(H,20,21)(H,22,23);1-16H2,(H,19,20)(H,21,22);1-15H2,(H,18,19)(H,20,21);1-14H2,(H,17,18)(H,19,20);1-12H2,(H,15,16)(H,17,18). The Morgan fingerprint density at radius 3 is 0.133 bits per heavy atom. The van der Waals surface area contributed by atoms with Gasteiger partial charge in [-0.25, -0.2) is 0 Å². The second kappa shape index (κ2) is 117. The molecule has 24 nitrogen and oxygen atoms in total. The van der Waals surface area contributed by atoms with Crippen molar-refractivity contribution in [2.45, 2.75) is 591 Å². The van der Waals surface area contributed by atoms with Crippen molar-refractivity contribution >= 4 is 71.6 Å². The SMILES string of the molecule is O=C(O)CCCCCCCCCCCCC(=O)O.O=C(O)CCCCCCCCCCCCCCC(=O)O.O=C(O)CCCCCCCCCCCCCCCC(=O)O.O=C(O)CCCCCCCCCCCCCCCCC(=O)O.O=C(O)CCCCCCCCCCCCCCCCCC(=O)O.O=C(O)CCCCCCCCCCCCCCCCCCC(=O)O. The van der Waals surface area contributed by atoms with Crippen LogP contribution in [0, 0.1) is 0 Å². The summed E-state index contributed by atoms with van der Waals surface area (Å²) in [4.78, 5) is 124. The Labute approximate surface area is 777 Å². The summed E-state index contributed by atoms with van der Waals surface area (Å²) in [6, 6.07) is 0. The molecule has 0 aromatic carbocycles. The molecule has 0 rings (SSSR count). The van der Waals surface area contributed by atoms with Crippen LogP contribution in [0.15, 0.2) is 0 Å². The number of unbranched alkanes of at least 4 members (excludes halogenated alkanes) is 74. The van der Waals surface area contributed by atoms with Crippen LogP contribution in [0.25, 0.3) is 0 Å². The number of hydrogen-bond donors (Lipinski definition) is 12. The summed E-state index contributed by atoms with van der Waals surface area (Å²) >= 11 is 0.